The second-order valence-electron chi connectivity index (χ2n) is 3.70. The van der Waals surface area contributed by atoms with Crippen LogP contribution in [-0.2, 0) is 4.74 Å². The van der Waals surface area contributed by atoms with E-state index in [0.29, 0.717) is 17.8 Å². The highest BCUT2D eigenvalue weighted by Gasteiger charge is 2.16. The van der Waals surface area contributed by atoms with Gasteiger partial charge in [0.1, 0.15) is 12.0 Å². The van der Waals surface area contributed by atoms with Gasteiger partial charge < -0.3 is 15.4 Å². The van der Waals surface area contributed by atoms with Crippen LogP contribution < -0.4 is 10.6 Å². The fourth-order valence-electron chi connectivity index (χ4n) is 1.74. The Hall–Kier alpha value is -1.07. The van der Waals surface area contributed by atoms with Crippen molar-refractivity contribution in [2.45, 2.75) is 18.9 Å². The van der Waals surface area contributed by atoms with Crippen molar-refractivity contribution in [1.29, 1.82) is 0 Å². The highest BCUT2D eigenvalue weighted by atomic mass is 35.5. The fraction of sp³-hybridized carbons (Fsp3) is 0.600. The Bertz CT molecular complexity index is 355. The zero-order chi connectivity index (χ0) is 11.4. The van der Waals surface area contributed by atoms with Gasteiger partial charge >= 0.3 is 0 Å². The van der Waals surface area contributed by atoms with Gasteiger partial charge in [0.15, 0.2) is 11.0 Å². The molecule has 1 saturated heterocycles. The lowest BCUT2D eigenvalue weighted by molar-refractivity contribution is 0.0875. The summed E-state index contributed by atoms with van der Waals surface area (Å²) in [6, 6.07) is 0.298. The molecule has 0 spiro atoms. The Morgan fingerprint density at radius 3 is 3.06 bits per heavy atom. The van der Waals surface area contributed by atoms with Crippen LogP contribution in [0.4, 0.5) is 11.5 Å². The Balaban J connectivity index is 2.10. The van der Waals surface area contributed by atoms with E-state index in [4.69, 9.17) is 16.3 Å². The first-order valence-corrected chi connectivity index (χ1v) is 5.71. The van der Waals surface area contributed by atoms with Crippen LogP contribution in [0.1, 0.15) is 12.8 Å². The Kier molecular flexibility index (Phi) is 3.79. The molecule has 0 radical (unpaired) electrons. The van der Waals surface area contributed by atoms with Gasteiger partial charge in [-0.1, -0.05) is 11.6 Å². The molecule has 0 bridgehead atoms. The minimum atomic E-state index is 0.298. The molecule has 1 aromatic rings. The molecule has 0 aliphatic carbocycles. The summed E-state index contributed by atoms with van der Waals surface area (Å²) < 4.78 is 5.40. The summed E-state index contributed by atoms with van der Waals surface area (Å²) in [5.74, 6) is 0.734. The molecule has 0 saturated carbocycles. The lowest BCUT2D eigenvalue weighted by Gasteiger charge is -2.24. The van der Waals surface area contributed by atoms with Crippen molar-refractivity contribution in [3.05, 3.63) is 11.5 Å². The molecular weight excluding hydrogens is 228 g/mol. The van der Waals surface area contributed by atoms with Crippen molar-refractivity contribution in [1.82, 2.24) is 9.97 Å². The molecule has 0 aromatic carbocycles. The third kappa shape index (κ3) is 2.54. The highest BCUT2D eigenvalue weighted by Crippen LogP contribution is 2.26. The van der Waals surface area contributed by atoms with Crippen molar-refractivity contribution in [3.63, 3.8) is 0 Å². The molecule has 1 aromatic heterocycles. The van der Waals surface area contributed by atoms with E-state index in [1.54, 1.807) is 7.05 Å². The number of nitrogens with one attached hydrogen (secondary N) is 2. The Morgan fingerprint density at radius 2 is 2.38 bits per heavy atom. The number of hydrogen-bond acceptors (Lipinski definition) is 5. The fourth-order valence-corrected chi connectivity index (χ4v) is 1.97. The predicted molar refractivity (Wildman–Crippen MR) is 64.1 cm³/mol. The minimum absolute atomic E-state index is 0.298. The zero-order valence-corrected chi connectivity index (χ0v) is 9.92. The van der Waals surface area contributed by atoms with E-state index >= 15 is 0 Å². The van der Waals surface area contributed by atoms with Crippen molar-refractivity contribution in [3.8, 4) is 0 Å². The van der Waals surface area contributed by atoms with Crippen LogP contribution >= 0.6 is 11.6 Å². The van der Waals surface area contributed by atoms with Gasteiger partial charge in [-0.2, -0.15) is 0 Å². The molecule has 1 aliphatic heterocycles. The first-order chi connectivity index (χ1) is 7.81. The van der Waals surface area contributed by atoms with E-state index < -0.39 is 0 Å². The van der Waals surface area contributed by atoms with Gasteiger partial charge in [-0.3, -0.25) is 0 Å². The topological polar surface area (TPSA) is 59.1 Å². The van der Waals surface area contributed by atoms with E-state index in [1.165, 1.54) is 6.33 Å². The predicted octanol–water partition coefficient (Wildman–Crippen LogP) is 1.76. The van der Waals surface area contributed by atoms with Crippen LogP contribution in [0.2, 0.25) is 5.15 Å². The molecule has 16 heavy (non-hydrogen) atoms. The lowest BCUT2D eigenvalue weighted by atomic mass is 10.1. The highest BCUT2D eigenvalue weighted by molar-refractivity contribution is 6.32. The molecule has 1 fully saturated rings. The first-order valence-electron chi connectivity index (χ1n) is 5.34. The third-order valence-electron chi connectivity index (χ3n) is 2.55. The van der Waals surface area contributed by atoms with E-state index in [-0.39, 0.29) is 0 Å². The summed E-state index contributed by atoms with van der Waals surface area (Å²) in [5.41, 5.74) is 0.731. The normalized spacial score (nSPS) is 20.5. The molecule has 2 rings (SSSR count). The van der Waals surface area contributed by atoms with Crippen molar-refractivity contribution in [2.24, 2.45) is 0 Å². The molecule has 1 unspecified atom stereocenters. The summed E-state index contributed by atoms with van der Waals surface area (Å²) in [5, 5.41) is 6.74. The van der Waals surface area contributed by atoms with Gasteiger partial charge in [0.2, 0.25) is 0 Å². The minimum Gasteiger partial charge on any atom is -0.383 e. The Labute approximate surface area is 99.6 Å². The summed E-state index contributed by atoms with van der Waals surface area (Å²) in [6.45, 7) is 1.56. The van der Waals surface area contributed by atoms with Gasteiger partial charge in [0, 0.05) is 13.7 Å². The maximum absolute atomic E-state index is 5.96. The largest absolute Gasteiger partial charge is 0.383 e. The summed E-state index contributed by atoms with van der Waals surface area (Å²) >= 11 is 5.96. The molecule has 1 atom stereocenters. The van der Waals surface area contributed by atoms with Crippen molar-refractivity contribution < 1.29 is 4.74 Å². The quantitative estimate of drug-likeness (QED) is 0.791. The van der Waals surface area contributed by atoms with Gasteiger partial charge in [0.25, 0.3) is 0 Å². The maximum Gasteiger partial charge on any atom is 0.157 e. The summed E-state index contributed by atoms with van der Waals surface area (Å²) in [4.78, 5) is 8.10. The Morgan fingerprint density at radius 1 is 1.50 bits per heavy atom. The van der Waals surface area contributed by atoms with Gasteiger partial charge in [-0.05, 0) is 12.8 Å². The van der Waals surface area contributed by atoms with Crippen LogP contribution in [0, 0.1) is 0 Å². The average Bonchev–Trinajstić information content (AvgIpc) is 2.31. The molecule has 6 heteroatoms. The van der Waals surface area contributed by atoms with Gasteiger partial charge in [0.05, 0.1) is 12.6 Å². The van der Waals surface area contributed by atoms with E-state index in [9.17, 15) is 0 Å². The average molecular weight is 243 g/mol. The van der Waals surface area contributed by atoms with E-state index in [1.807, 2.05) is 0 Å². The molecule has 2 heterocycles. The number of rotatable bonds is 3. The monoisotopic (exact) mass is 242 g/mol. The molecular formula is C10H15ClN4O. The number of hydrogen-bond donors (Lipinski definition) is 2. The number of anilines is 2. The number of nitrogens with zero attached hydrogens (tertiary/aromatic N) is 2. The van der Waals surface area contributed by atoms with E-state index in [0.717, 1.165) is 31.0 Å². The van der Waals surface area contributed by atoms with E-state index in [2.05, 4.69) is 20.6 Å². The second-order valence-corrected chi connectivity index (χ2v) is 4.05. The molecule has 2 N–H and O–H groups in total. The van der Waals surface area contributed by atoms with Crippen LogP contribution in [0.3, 0.4) is 0 Å². The van der Waals surface area contributed by atoms with Crippen LogP contribution in [-0.4, -0.2) is 36.3 Å². The molecule has 5 nitrogen and oxygen atoms in total. The first kappa shape index (κ1) is 11.4. The van der Waals surface area contributed by atoms with Crippen molar-refractivity contribution >= 4 is 23.1 Å². The van der Waals surface area contributed by atoms with Crippen LogP contribution in [0.5, 0.6) is 0 Å². The SMILES string of the molecule is CNc1c(Cl)ncnc1NC1CCCOC1. The molecule has 1 aliphatic rings. The maximum atomic E-state index is 5.96. The molecule has 88 valence electrons. The van der Waals surface area contributed by atoms with Gasteiger partial charge in [-0.25, -0.2) is 9.97 Å². The van der Waals surface area contributed by atoms with Crippen LogP contribution in [0.15, 0.2) is 6.33 Å². The third-order valence-corrected chi connectivity index (χ3v) is 2.84. The second kappa shape index (κ2) is 5.32. The lowest BCUT2D eigenvalue weighted by Crippen LogP contribution is -2.30. The summed E-state index contributed by atoms with van der Waals surface area (Å²) in [6.07, 6.45) is 3.62. The summed E-state index contributed by atoms with van der Waals surface area (Å²) in [7, 11) is 1.80. The number of halogens is 1. The van der Waals surface area contributed by atoms with Crippen LogP contribution in [0.25, 0.3) is 0 Å². The number of aromatic nitrogens is 2. The van der Waals surface area contributed by atoms with Gasteiger partial charge in [-0.15, -0.1) is 0 Å². The van der Waals surface area contributed by atoms with Crippen molar-refractivity contribution in [2.75, 3.05) is 30.9 Å². The number of ether oxygens (including phenoxy) is 1. The zero-order valence-electron chi connectivity index (χ0n) is 9.16. The smallest absolute Gasteiger partial charge is 0.157 e. The standard InChI is InChI=1S/C10H15ClN4O/c1-12-8-9(11)13-6-14-10(8)15-7-3-2-4-16-5-7/h6-7,12H,2-5H2,1H3,(H,13,14,15). The molecule has 0 amide bonds.